The van der Waals surface area contributed by atoms with Crippen LogP contribution in [-0.2, 0) is 28.5 Å². The number of nitrogens with one attached hydrogen (secondary N) is 2. The molecular formula is C42H48N4O6. The first-order valence-electron chi connectivity index (χ1n) is 19.2. The molecule has 10 nitrogen and oxygen atoms in total. The Hall–Kier alpha value is -4.28. The van der Waals surface area contributed by atoms with Gasteiger partial charge >= 0.3 is 11.9 Å². The van der Waals surface area contributed by atoms with Gasteiger partial charge in [-0.15, -0.1) is 0 Å². The summed E-state index contributed by atoms with van der Waals surface area (Å²) in [7, 11) is 2.94. The minimum absolute atomic E-state index is 0.0343. The van der Waals surface area contributed by atoms with Gasteiger partial charge in [-0.3, -0.25) is 9.69 Å². The summed E-state index contributed by atoms with van der Waals surface area (Å²) in [6.45, 7) is 6.90. The van der Waals surface area contributed by atoms with Crippen LogP contribution in [-0.4, -0.2) is 91.0 Å². The maximum Gasteiger partial charge on any atom is 0.337 e. The lowest BCUT2D eigenvalue weighted by molar-refractivity contribution is -0.218. The highest BCUT2D eigenvalue weighted by Crippen LogP contribution is 2.58. The lowest BCUT2D eigenvalue weighted by Crippen LogP contribution is -2.66. The van der Waals surface area contributed by atoms with E-state index in [-0.39, 0.29) is 59.9 Å². The van der Waals surface area contributed by atoms with Gasteiger partial charge in [-0.25, -0.2) is 4.79 Å². The second kappa shape index (κ2) is 12.1. The summed E-state index contributed by atoms with van der Waals surface area (Å²) in [4.78, 5) is 37.0. The Balaban J connectivity index is 1.10. The Bertz CT molecular complexity index is 1990. The van der Waals surface area contributed by atoms with Gasteiger partial charge in [0.15, 0.2) is 0 Å². The summed E-state index contributed by atoms with van der Waals surface area (Å²) in [5, 5.41) is 5.08. The number of fused-ring (bicyclic) bond motifs is 12. The van der Waals surface area contributed by atoms with Crippen molar-refractivity contribution in [2.24, 2.45) is 35.5 Å². The smallest absolute Gasteiger partial charge is 0.337 e. The van der Waals surface area contributed by atoms with Crippen LogP contribution in [0.2, 0.25) is 0 Å². The van der Waals surface area contributed by atoms with Gasteiger partial charge in [-0.05, 0) is 62.9 Å². The minimum Gasteiger partial charge on any atom is -0.497 e. The van der Waals surface area contributed by atoms with Crippen LogP contribution in [0.15, 0.2) is 66.6 Å². The van der Waals surface area contributed by atoms with Crippen molar-refractivity contribution >= 4 is 34.6 Å². The van der Waals surface area contributed by atoms with Crippen molar-refractivity contribution in [2.75, 3.05) is 39.2 Å². The number of aromatic amines is 1. The third-order valence-electron chi connectivity index (χ3n) is 14.2. The zero-order valence-corrected chi connectivity index (χ0v) is 30.2. The number of nitrogens with zero attached hydrogens (tertiary/aromatic N) is 2. The number of carbonyl (C=O) groups excluding carboxylic acids is 2. The van der Waals surface area contributed by atoms with E-state index in [4.69, 9.17) is 18.9 Å². The van der Waals surface area contributed by atoms with Crippen molar-refractivity contribution in [3.8, 4) is 0 Å². The van der Waals surface area contributed by atoms with Gasteiger partial charge in [0.2, 0.25) is 0 Å². The number of methoxy groups -OCH3 is 2. The van der Waals surface area contributed by atoms with Crippen LogP contribution in [0.1, 0.15) is 55.5 Å². The highest BCUT2D eigenvalue weighted by molar-refractivity contribution is 5.92. The van der Waals surface area contributed by atoms with Crippen LogP contribution in [0.4, 0.5) is 5.69 Å². The van der Waals surface area contributed by atoms with Crippen LogP contribution < -0.4 is 5.32 Å². The summed E-state index contributed by atoms with van der Waals surface area (Å²) < 4.78 is 24.7. The Labute approximate surface area is 304 Å². The first-order chi connectivity index (χ1) is 25.4. The topological polar surface area (TPSA) is 105 Å². The van der Waals surface area contributed by atoms with E-state index >= 15 is 0 Å². The zero-order valence-electron chi connectivity index (χ0n) is 30.2. The number of anilines is 1. The molecule has 2 N–H and O–H groups in total. The summed E-state index contributed by atoms with van der Waals surface area (Å²) in [5.74, 6) is -1.05. The molecule has 0 amide bonds. The number of benzene rings is 2. The van der Waals surface area contributed by atoms with Crippen molar-refractivity contribution in [1.29, 1.82) is 0 Å². The molecule has 7 aliphatic heterocycles. The predicted octanol–water partition coefficient (Wildman–Crippen LogP) is 5.70. The molecule has 1 aromatic heterocycles. The molecule has 13 unspecified atom stereocenters. The number of hydrogen-bond acceptors (Lipinski definition) is 9. The number of hydrogen-bond donors (Lipinski definition) is 2. The van der Waals surface area contributed by atoms with Crippen LogP contribution in [0.25, 0.3) is 17.0 Å². The number of rotatable bonds is 3. The second-order valence-electron chi connectivity index (χ2n) is 16.3. The van der Waals surface area contributed by atoms with E-state index in [0.29, 0.717) is 24.1 Å². The van der Waals surface area contributed by atoms with Crippen molar-refractivity contribution in [1.82, 2.24) is 14.8 Å². The van der Waals surface area contributed by atoms with E-state index in [2.05, 4.69) is 94.8 Å². The molecule has 10 heteroatoms. The molecule has 13 atom stereocenters. The van der Waals surface area contributed by atoms with Crippen molar-refractivity contribution in [2.45, 2.75) is 69.0 Å². The quantitative estimate of drug-likeness (QED) is 0.333. The Kier molecular flexibility index (Phi) is 7.55. The highest BCUT2D eigenvalue weighted by atomic mass is 16.5. The SMILES string of the molecule is COC(=O)C1=COC(C)C2CN3C=Cc4c([nH]c5ccccc45)C3C(C3OC(C)C4CN5CCC6c7ccccc7NC6C5CC4C3C(=O)OC)C12. The Morgan fingerprint density at radius 2 is 1.77 bits per heavy atom. The standard InChI is InChI=1S/C42H48N4O6/c1-21-29-19-46-16-14-26-24-10-6-8-12-32(24)44-38(26)39(46)36(34(29)30(20-51-21)41(47)49-3)40-35(42(48)50-4)27-17-33-37-25(23-9-5-7-11-31(23)43-37)13-15-45(33)18-28(27)22(2)52-40/h5-12,14,16,20-22,25,27-29,33-37,39-40,43-44H,13,15,17-19H2,1-4H3. The Morgan fingerprint density at radius 3 is 2.62 bits per heavy atom. The fraction of sp³-hybridized carbons (Fsp3) is 0.524. The van der Waals surface area contributed by atoms with E-state index in [9.17, 15) is 9.59 Å². The number of para-hydroxylation sites is 2. The van der Waals surface area contributed by atoms with Gasteiger partial charge in [0.05, 0.1) is 50.2 Å². The summed E-state index contributed by atoms with van der Waals surface area (Å²) in [6, 6.07) is 17.5. The van der Waals surface area contributed by atoms with Crippen LogP contribution in [0.5, 0.6) is 0 Å². The maximum absolute atomic E-state index is 14.5. The van der Waals surface area contributed by atoms with Gasteiger partial charge in [0.25, 0.3) is 0 Å². The average Bonchev–Trinajstić information content (AvgIpc) is 3.75. The first kappa shape index (κ1) is 32.4. The molecule has 0 bridgehead atoms. The van der Waals surface area contributed by atoms with E-state index < -0.39 is 18.0 Å². The number of carbonyl (C=O) groups is 2. The molecule has 2 aromatic carbocycles. The molecule has 0 spiro atoms. The zero-order chi connectivity index (χ0) is 35.4. The molecule has 10 rings (SSSR count). The molecule has 272 valence electrons. The normalized spacial score (nSPS) is 38.5. The highest BCUT2D eigenvalue weighted by Gasteiger charge is 2.62. The summed E-state index contributed by atoms with van der Waals surface area (Å²) in [6.07, 6.45) is 7.25. The van der Waals surface area contributed by atoms with Crippen LogP contribution in [0, 0.1) is 35.5 Å². The first-order valence-corrected chi connectivity index (χ1v) is 19.2. The van der Waals surface area contributed by atoms with Gasteiger partial charge in [-0.2, -0.15) is 0 Å². The number of ether oxygens (including phenoxy) is 4. The molecule has 0 aliphatic carbocycles. The molecule has 7 aliphatic rings. The number of piperidine rings is 3. The number of esters is 2. The van der Waals surface area contributed by atoms with E-state index in [1.165, 1.54) is 25.5 Å². The van der Waals surface area contributed by atoms with Crippen molar-refractivity contribution in [3.63, 3.8) is 0 Å². The molecule has 52 heavy (non-hydrogen) atoms. The Morgan fingerprint density at radius 1 is 0.942 bits per heavy atom. The molecule has 4 fully saturated rings. The maximum atomic E-state index is 14.5. The molecule has 3 aromatic rings. The number of aromatic nitrogens is 1. The number of H-pyrrole nitrogens is 1. The van der Waals surface area contributed by atoms with Gasteiger partial charge in [0.1, 0.15) is 6.10 Å². The lowest BCUT2D eigenvalue weighted by Gasteiger charge is -2.60. The van der Waals surface area contributed by atoms with Crippen LogP contribution in [0.3, 0.4) is 0 Å². The summed E-state index contributed by atoms with van der Waals surface area (Å²) in [5.41, 5.74) is 6.48. The lowest BCUT2D eigenvalue weighted by atomic mass is 9.58. The van der Waals surface area contributed by atoms with E-state index in [1.54, 1.807) is 6.26 Å². The monoisotopic (exact) mass is 704 g/mol. The van der Waals surface area contributed by atoms with E-state index in [0.717, 1.165) is 48.1 Å². The summed E-state index contributed by atoms with van der Waals surface area (Å²) >= 11 is 0. The van der Waals surface area contributed by atoms with Gasteiger partial charge in [-0.1, -0.05) is 36.4 Å². The molecular weight excluding hydrogens is 656 g/mol. The third kappa shape index (κ3) is 4.62. The minimum atomic E-state index is -0.521. The van der Waals surface area contributed by atoms with Crippen molar-refractivity contribution in [3.05, 3.63) is 83.4 Å². The van der Waals surface area contributed by atoms with Gasteiger partial charge in [0, 0.05) is 88.8 Å². The largest absolute Gasteiger partial charge is 0.497 e. The molecule has 0 saturated carbocycles. The molecule has 8 heterocycles. The molecule has 0 radical (unpaired) electrons. The second-order valence-corrected chi connectivity index (χ2v) is 16.3. The fourth-order valence-corrected chi connectivity index (χ4v) is 11.9. The molecule has 4 saturated heterocycles. The average molecular weight is 705 g/mol. The van der Waals surface area contributed by atoms with Crippen molar-refractivity contribution < 1.29 is 28.5 Å². The third-order valence-corrected chi connectivity index (χ3v) is 14.2. The fourth-order valence-electron chi connectivity index (χ4n) is 11.9. The van der Waals surface area contributed by atoms with Gasteiger partial charge < -0.3 is 34.1 Å². The van der Waals surface area contributed by atoms with Crippen LogP contribution >= 0.6 is 0 Å². The predicted molar refractivity (Wildman–Crippen MR) is 196 cm³/mol. The van der Waals surface area contributed by atoms with E-state index in [1.807, 2.05) is 0 Å².